The summed E-state index contributed by atoms with van der Waals surface area (Å²) in [5, 5.41) is 11.9. The Bertz CT molecular complexity index is 495. The summed E-state index contributed by atoms with van der Waals surface area (Å²) in [6, 6.07) is 5.87. The van der Waals surface area contributed by atoms with Crippen LogP contribution in [-0.4, -0.2) is 11.6 Å². The number of anilines is 1. The summed E-state index contributed by atoms with van der Waals surface area (Å²) in [5.74, 6) is -1.50. The van der Waals surface area contributed by atoms with Crippen molar-refractivity contribution in [3.63, 3.8) is 0 Å². The van der Waals surface area contributed by atoms with Crippen LogP contribution in [-0.2, 0) is 4.79 Å². The second-order valence-corrected chi connectivity index (χ2v) is 3.92. The summed E-state index contributed by atoms with van der Waals surface area (Å²) in [4.78, 5) is 10.6. The van der Waals surface area contributed by atoms with Crippen LogP contribution in [0.4, 0.5) is 10.1 Å². The average Bonchev–Trinajstić information content (AvgIpc) is 2.21. The minimum Gasteiger partial charge on any atom is -0.364 e. The first-order chi connectivity index (χ1) is 7.54. The number of nitrogens with one attached hydrogen (secondary N) is 1. The molecule has 0 aliphatic carbocycles. The van der Waals surface area contributed by atoms with E-state index in [1.54, 1.807) is 6.07 Å². The fraction of sp³-hybridized carbons (Fsp3) is 0. The smallest absolute Gasteiger partial charge is 0.280 e. The number of rotatable bonds is 3. The molecule has 0 unspecified atom stereocenters. The maximum Gasteiger partial charge on any atom is 0.280 e. The van der Waals surface area contributed by atoms with Gasteiger partial charge in [0, 0.05) is 3.57 Å². The van der Waals surface area contributed by atoms with Crippen LogP contribution in [0.3, 0.4) is 0 Å². The molecule has 0 bridgehead atoms. The van der Waals surface area contributed by atoms with Crippen molar-refractivity contribution in [2.75, 3.05) is 5.43 Å². The largest absolute Gasteiger partial charge is 0.364 e. The molecule has 0 spiro atoms. The molecule has 82 valence electrons. The van der Waals surface area contributed by atoms with Crippen LogP contribution in [0.25, 0.3) is 0 Å². The lowest BCUT2D eigenvalue weighted by molar-refractivity contribution is -0.111. The van der Waals surface area contributed by atoms with Crippen molar-refractivity contribution in [1.82, 2.24) is 0 Å². The predicted octanol–water partition coefficient (Wildman–Crippen LogP) is 1.21. The second kappa shape index (κ2) is 5.41. The minimum absolute atomic E-state index is 0.0643. The van der Waals surface area contributed by atoms with Gasteiger partial charge in [0.25, 0.3) is 5.91 Å². The molecular weight excluding hydrogens is 326 g/mol. The lowest BCUT2D eigenvalue weighted by atomic mass is 10.3. The number of hydrazone groups is 1. The van der Waals surface area contributed by atoms with E-state index >= 15 is 0 Å². The monoisotopic (exact) mass is 332 g/mol. The molecule has 0 saturated heterocycles. The molecule has 5 nitrogen and oxygen atoms in total. The van der Waals surface area contributed by atoms with Crippen molar-refractivity contribution in [3.8, 4) is 6.07 Å². The van der Waals surface area contributed by atoms with Gasteiger partial charge in [-0.15, -0.1) is 0 Å². The number of carbonyl (C=O) groups is 1. The molecule has 1 rings (SSSR count). The van der Waals surface area contributed by atoms with Crippen molar-refractivity contribution in [2.45, 2.75) is 0 Å². The molecule has 0 aliphatic heterocycles. The fourth-order valence-corrected chi connectivity index (χ4v) is 1.28. The fourth-order valence-electron chi connectivity index (χ4n) is 0.831. The van der Waals surface area contributed by atoms with E-state index in [1.165, 1.54) is 18.2 Å². The molecule has 7 heteroatoms. The molecular formula is C9H6FIN4O. The van der Waals surface area contributed by atoms with E-state index in [0.29, 0.717) is 0 Å². The van der Waals surface area contributed by atoms with E-state index in [1.807, 2.05) is 22.6 Å². The molecule has 1 aromatic rings. The summed E-state index contributed by atoms with van der Waals surface area (Å²) in [5.41, 5.74) is 6.65. The Balaban J connectivity index is 2.90. The zero-order valence-electron chi connectivity index (χ0n) is 7.87. The second-order valence-electron chi connectivity index (χ2n) is 2.67. The quantitative estimate of drug-likeness (QED) is 0.495. The summed E-state index contributed by atoms with van der Waals surface area (Å²) < 4.78 is 14.0. The Kier molecular flexibility index (Phi) is 4.19. The third kappa shape index (κ3) is 3.16. The van der Waals surface area contributed by atoms with Crippen molar-refractivity contribution in [2.24, 2.45) is 10.8 Å². The van der Waals surface area contributed by atoms with Gasteiger partial charge in [-0.3, -0.25) is 10.2 Å². The Morgan fingerprint density at radius 3 is 2.81 bits per heavy atom. The summed E-state index contributed by atoms with van der Waals surface area (Å²) in [6.45, 7) is 0. The van der Waals surface area contributed by atoms with Gasteiger partial charge in [0.15, 0.2) is 0 Å². The number of nitriles is 1. The van der Waals surface area contributed by atoms with E-state index in [-0.39, 0.29) is 5.69 Å². The van der Waals surface area contributed by atoms with Gasteiger partial charge in [-0.05, 0) is 40.8 Å². The standard InChI is InChI=1S/C9H6FIN4O/c10-6-3-5(11)1-2-7(6)14-15-8(4-12)9(13)16/h1-3,14H,(H2,13,16)/b15-8+. The van der Waals surface area contributed by atoms with Crippen molar-refractivity contribution < 1.29 is 9.18 Å². The van der Waals surface area contributed by atoms with E-state index in [4.69, 9.17) is 11.0 Å². The first kappa shape index (κ1) is 12.4. The zero-order chi connectivity index (χ0) is 12.1. The van der Waals surface area contributed by atoms with Gasteiger partial charge >= 0.3 is 0 Å². The molecule has 3 N–H and O–H groups in total. The highest BCUT2D eigenvalue weighted by Gasteiger charge is 2.06. The third-order valence-electron chi connectivity index (χ3n) is 1.56. The lowest BCUT2D eigenvalue weighted by Crippen LogP contribution is -2.22. The van der Waals surface area contributed by atoms with Gasteiger partial charge in [0.2, 0.25) is 5.71 Å². The number of hydrogen-bond acceptors (Lipinski definition) is 4. The van der Waals surface area contributed by atoms with E-state index < -0.39 is 17.4 Å². The number of nitrogens with two attached hydrogens (primary N) is 1. The van der Waals surface area contributed by atoms with Gasteiger partial charge < -0.3 is 5.73 Å². The van der Waals surface area contributed by atoms with Gasteiger partial charge in [0.05, 0.1) is 5.69 Å². The third-order valence-corrected chi connectivity index (χ3v) is 2.23. The molecule has 0 aliphatic rings. The number of amides is 1. The topological polar surface area (TPSA) is 91.3 Å². The van der Waals surface area contributed by atoms with E-state index in [2.05, 4.69) is 10.5 Å². The van der Waals surface area contributed by atoms with Gasteiger partial charge in [-0.1, -0.05) is 0 Å². The normalized spacial score (nSPS) is 10.7. The van der Waals surface area contributed by atoms with Crippen LogP contribution in [0.5, 0.6) is 0 Å². The minimum atomic E-state index is -0.971. The number of hydrogen-bond donors (Lipinski definition) is 2. The lowest BCUT2D eigenvalue weighted by Gasteiger charge is -2.02. The SMILES string of the molecule is N#C/C(=N\Nc1ccc(I)cc1F)C(N)=O. The highest BCUT2D eigenvalue weighted by Crippen LogP contribution is 2.16. The first-order valence-corrected chi connectivity index (χ1v) is 5.11. The number of nitrogens with zero attached hydrogens (tertiary/aromatic N) is 2. The van der Waals surface area contributed by atoms with Crippen LogP contribution < -0.4 is 11.2 Å². The molecule has 1 aromatic carbocycles. The Morgan fingerprint density at radius 1 is 1.62 bits per heavy atom. The molecule has 1 amide bonds. The molecule has 0 fully saturated rings. The Hall–Kier alpha value is -1.69. The molecule has 0 aromatic heterocycles. The van der Waals surface area contributed by atoms with Gasteiger partial charge in [-0.25, -0.2) is 4.39 Å². The summed E-state index contributed by atoms with van der Waals surface area (Å²) in [7, 11) is 0. The van der Waals surface area contributed by atoms with Crippen LogP contribution >= 0.6 is 22.6 Å². The van der Waals surface area contributed by atoms with Gasteiger partial charge in [-0.2, -0.15) is 10.4 Å². The molecule has 0 radical (unpaired) electrons. The van der Waals surface area contributed by atoms with Crippen molar-refractivity contribution in [1.29, 1.82) is 5.26 Å². The van der Waals surface area contributed by atoms with Crippen LogP contribution in [0.15, 0.2) is 23.3 Å². The zero-order valence-corrected chi connectivity index (χ0v) is 10.0. The Morgan fingerprint density at radius 2 is 2.31 bits per heavy atom. The highest BCUT2D eigenvalue weighted by molar-refractivity contribution is 14.1. The van der Waals surface area contributed by atoms with Crippen LogP contribution in [0.1, 0.15) is 0 Å². The van der Waals surface area contributed by atoms with Crippen molar-refractivity contribution >= 4 is 39.9 Å². The molecule has 0 atom stereocenters. The van der Waals surface area contributed by atoms with Gasteiger partial charge in [0.1, 0.15) is 11.9 Å². The maximum absolute atomic E-state index is 13.3. The Labute approximate surface area is 104 Å². The summed E-state index contributed by atoms with van der Waals surface area (Å²) >= 11 is 1.95. The predicted molar refractivity (Wildman–Crippen MR) is 65.0 cm³/mol. The number of primary amides is 1. The first-order valence-electron chi connectivity index (χ1n) is 4.03. The number of carbonyl (C=O) groups excluding carboxylic acids is 1. The van der Waals surface area contributed by atoms with Crippen LogP contribution in [0.2, 0.25) is 0 Å². The highest BCUT2D eigenvalue weighted by atomic mass is 127. The van der Waals surface area contributed by atoms with Crippen LogP contribution in [0, 0.1) is 20.7 Å². The number of halogens is 2. The molecule has 16 heavy (non-hydrogen) atoms. The molecule has 0 heterocycles. The number of benzene rings is 1. The molecule has 0 saturated carbocycles. The van der Waals surface area contributed by atoms with Crippen molar-refractivity contribution in [3.05, 3.63) is 27.6 Å². The average molecular weight is 332 g/mol. The van der Waals surface area contributed by atoms with E-state index in [0.717, 1.165) is 3.57 Å². The maximum atomic E-state index is 13.3. The summed E-state index contributed by atoms with van der Waals surface area (Å²) in [6.07, 6.45) is 0. The van der Waals surface area contributed by atoms with E-state index in [9.17, 15) is 9.18 Å².